The lowest BCUT2D eigenvalue weighted by atomic mass is 9.98. The van der Waals surface area contributed by atoms with Gasteiger partial charge in [0.05, 0.1) is 0 Å². The lowest BCUT2D eigenvalue weighted by Crippen LogP contribution is -2.43. The van der Waals surface area contributed by atoms with Crippen molar-refractivity contribution in [3.63, 3.8) is 0 Å². The number of carbonyl (C=O) groups excluding carboxylic acids is 1. The first-order valence-electron chi connectivity index (χ1n) is 7.95. The van der Waals surface area contributed by atoms with E-state index in [-0.39, 0.29) is 5.91 Å². The van der Waals surface area contributed by atoms with Gasteiger partial charge in [-0.15, -0.1) is 0 Å². The summed E-state index contributed by atoms with van der Waals surface area (Å²) >= 11 is 0. The Morgan fingerprint density at radius 1 is 1.43 bits per heavy atom. The predicted molar refractivity (Wildman–Crippen MR) is 83.9 cm³/mol. The van der Waals surface area contributed by atoms with E-state index in [2.05, 4.69) is 12.2 Å². The van der Waals surface area contributed by atoms with E-state index in [1.165, 1.54) is 6.42 Å². The Kier molecular flexibility index (Phi) is 6.21. The number of nitrogens with zero attached hydrogens (tertiary/aromatic N) is 1. The van der Waals surface area contributed by atoms with Crippen LogP contribution < -0.4 is 5.32 Å². The van der Waals surface area contributed by atoms with Gasteiger partial charge in [-0.05, 0) is 43.8 Å². The van der Waals surface area contributed by atoms with Crippen LogP contribution in [0.25, 0.3) is 0 Å². The molecule has 21 heavy (non-hydrogen) atoms. The first-order valence-corrected chi connectivity index (χ1v) is 7.95. The molecule has 4 heteroatoms. The molecular weight excluding hydrogens is 264 g/mol. The standard InChI is InChI=1S/C17H26N2O2/c1-2-11-19(13-14-7-6-10-18-12-14)17(21)16(20)15-8-4-3-5-9-15/h3-5,8-9,14,16,18,20H,2,6-7,10-13H2,1H3. The average Bonchev–Trinajstić information content (AvgIpc) is 2.55. The highest BCUT2D eigenvalue weighted by molar-refractivity contribution is 5.82. The number of hydrogen-bond donors (Lipinski definition) is 2. The largest absolute Gasteiger partial charge is 0.378 e. The second kappa shape index (κ2) is 8.15. The second-order valence-electron chi connectivity index (χ2n) is 5.81. The number of aliphatic hydroxyl groups is 1. The fourth-order valence-corrected chi connectivity index (χ4v) is 2.90. The monoisotopic (exact) mass is 290 g/mol. The molecule has 0 aromatic heterocycles. The van der Waals surface area contributed by atoms with Crippen LogP contribution in [-0.4, -0.2) is 42.1 Å². The fraction of sp³-hybridized carbons (Fsp3) is 0.588. The van der Waals surface area contributed by atoms with E-state index in [0.29, 0.717) is 18.0 Å². The fourth-order valence-electron chi connectivity index (χ4n) is 2.90. The Balaban J connectivity index is 2.00. The first-order chi connectivity index (χ1) is 10.2. The summed E-state index contributed by atoms with van der Waals surface area (Å²) in [6, 6.07) is 9.18. The third-order valence-electron chi connectivity index (χ3n) is 4.03. The maximum absolute atomic E-state index is 12.6. The van der Waals surface area contributed by atoms with Crippen LogP contribution in [0.1, 0.15) is 37.9 Å². The second-order valence-corrected chi connectivity index (χ2v) is 5.81. The summed E-state index contributed by atoms with van der Waals surface area (Å²) in [4.78, 5) is 14.4. The van der Waals surface area contributed by atoms with Crippen LogP contribution in [0, 0.1) is 5.92 Å². The molecule has 116 valence electrons. The molecule has 0 saturated carbocycles. The quantitative estimate of drug-likeness (QED) is 0.842. The molecule has 1 amide bonds. The number of nitrogens with one attached hydrogen (secondary N) is 1. The number of benzene rings is 1. The SMILES string of the molecule is CCCN(CC1CCCNC1)C(=O)C(O)c1ccccc1. The number of hydrogen-bond acceptors (Lipinski definition) is 3. The minimum Gasteiger partial charge on any atom is -0.378 e. The number of piperidine rings is 1. The highest BCUT2D eigenvalue weighted by atomic mass is 16.3. The molecule has 1 saturated heterocycles. The van der Waals surface area contributed by atoms with E-state index in [0.717, 1.165) is 32.5 Å². The zero-order chi connectivity index (χ0) is 15.1. The van der Waals surface area contributed by atoms with Crippen molar-refractivity contribution < 1.29 is 9.90 Å². The van der Waals surface area contributed by atoms with E-state index >= 15 is 0 Å². The van der Waals surface area contributed by atoms with Gasteiger partial charge in [-0.1, -0.05) is 37.3 Å². The van der Waals surface area contributed by atoms with Gasteiger partial charge in [-0.25, -0.2) is 0 Å². The lowest BCUT2D eigenvalue weighted by Gasteiger charge is -2.31. The minimum absolute atomic E-state index is 0.173. The Labute approximate surface area is 127 Å². The summed E-state index contributed by atoms with van der Waals surface area (Å²) in [5.41, 5.74) is 0.672. The molecular formula is C17H26N2O2. The third kappa shape index (κ3) is 4.55. The van der Waals surface area contributed by atoms with Crippen LogP contribution in [0.5, 0.6) is 0 Å². The zero-order valence-electron chi connectivity index (χ0n) is 12.8. The molecule has 0 spiro atoms. The molecule has 4 nitrogen and oxygen atoms in total. The molecule has 2 atom stereocenters. The van der Waals surface area contributed by atoms with Crippen LogP contribution in [-0.2, 0) is 4.79 Å². The van der Waals surface area contributed by atoms with Crippen molar-refractivity contribution in [3.05, 3.63) is 35.9 Å². The van der Waals surface area contributed by atoms with Crippen LogP contribution in [0.15, 0.2) is 30.3 Å². The molecule has 1 aromatic rings. The topological polar surface area (TPSA) is 52.6 Å². The highest BCUT2D eigenvalue weighted by Gasteiger charge is 2.26. The maximum Gasteiger partial charge on any atom is 0.256 e. The number of carbonyl (C=O) groups is 1. The Hall–Kier alpha value is -1.39. The van der Waals surface area contributed by atoms with Gasteiger partial charge in [0.2, 0.25) is 0 Å². The molecule has 1 aromatic carbocycles. The summed E-state index contributed by atoms with van der Waals surface area (Å²) in [6.45, 7) is 5.55. The van der Waals surface area contributed by atoms with Crippen molar-refractivity contribution in [2.45, 2.75) is 32.3 Å². The van der Waals surface area contributed by atoms with Gasteiger partial charge in [0.25, 0.3) is 5.91 Å². The summed E-state index contributed by atoms with van der Waals surface area (Å²) in [7, 11) is 0. The van der Waals surface area contributed by atoms with E-state index in [4.69, 9.17) is 0 Å². The lowest BCUT2D eigenvalue weighted by molar-refractivity contribution is -0.141. The van der Waals surface area contributed by atoms with Gasteiger partial charge >= 0.3 is 0 Å². The summed E-state index contributed by atoms with van der Waals surface area (Å²) in [5, 5.41) is 13.7. The van der Waals surface area contributed by atoms with Gasteiger partial charge in [0.1, 0.15) is 0 Å². The zero-order valence-corrected chi connectivity index (χ0v) is 12.8. The predicted octanol–water partition coefficient (Wildman–Crippen LogP) is 1.96. The number of rotatable bonds is 6. The van der Waals surface area contributed by atoms with Crippen molar-refractivity contribution in [3.8, 4) is 0 Å². The van der Waals surface area contributed by atoms with Crippen LogP contribution >= 0.6 is 0 Å². The number of amides is 1. The van der Waals surface area contributed by atoms with E-state index in [1.54, 1.807) is 12.1 Å². The Morgan fingerprint density at radius 2 is 2.19 bits per heavy atom. The van der Waals surface area contributed by atoms with E-state index < -0.39 is 6.10 Å². The maximum atomic E-state index is 12.6. The van der Waals surface area contributed by atoms with E-state index in [1.807, 2.05) is 23.1 Å². The van der Waals surface area contributed by atoms with Crippen molar-refractivity contribution in [2.24, 2.45) is 5.92 Å². The van der Waals surface area contributed by atoms with Gasteiger partial charge in [0, 0.05) is 13.1 Å². The third-order valence-corrected chi connectivity index (χ3v) is 4.03. The van der Waals surface area contributed by atoms with Crippen LogP contribution in [0.3, 0.4) is 0 Å². The molecule has 2 rings (SSSR count). The molecule has 2 N–H and O–H groups in total. The van der Waals surface area contributed by atoms with Crippen LogP contribution in [0.4, 0.5) is 0 Å². The molecule has 0 aliphatic carbocycles. The van der Waals surface area contributed by atoms with Gasteiger partial charge in [-0.3, -0.25) is 4.79 Å². The molecule has 2 unspecified atom stereocenters. The molecule has 1 aliphatic rings. The van der Waals surface area contributed by atoms with Gasteiger partial charge < -0.3 is 15.3 Å². The van der Waals surface area contributed by atoms with Crippen molar-refractivity contribution in [2.75, 3.05) is 26.2 Å². The van der Waals surface area contributed by atoms with E-state index in [9.17, 15) is 9.90 Å². The molecule has 1 fully saturated rings. The average molecular weight is 290 g/mol. The normalized spacial score (nSPS) is 20.0. The van der Waals surface area contributed by atoms with Crippen molar-refractivity contribution in [1.29, 1.82) is 0 Å². The summed E-state index contributed by atoms with van der Waals surface area (Å²) in [5.74, 6) is 0.325. The van der Waals surface area contributed by atoms with Gasteiger partial charge in [-0.2, -0.15) is 0 Å². The highest BCUT2D eigenvalue weighted by Crippen LogP contribution is 2.18. The van der Waals surface area contributed by atoms with Crippen LogP contribution in [0.2, 0.25) is 0 Å². The van der Waals surface area contributed by atoms with Crippen molar-refractivity contribution in [1.82, 2.24) is 10.2 Å². The smallest absolute Gasteiger partial charge is 0.256 e. The molecule has 0 radical (unpaired) electrons. The minimum atomic E-state index is -1.05. The Morgan fingerprint density at radius 3 is 2.81 bits per heavy atom. The molecule has 1 aliphatic heterocycles. The van der Waals surface area contributed by atoms with Gasteiger partial charge in [0.15, 0.2) is 6.10 Å². The molecule has 0 bridgehead atoms. The Bertz CT molecular complexity index is 430. The summed E-state index contributed by atoms with van der Waals surface area (Å²) in [6.07, 6.45) is 2.18. The molecule has 1 heterocycles. The number of aliphatic hydroxyl groups excluding tert-OH is 1. The van der Waals surface area contributed by atoms with Crippen molar-refractivity contribution >= 4 is 5.91 Å². The summed E-state index contributed by atoms with van der Waals surface area (Å²) < 4.78 is 0. The first kappa shape index (κ1) is 16.0.